The third kappa shape index (κ3) is 5.82. The summed E-state index contributed by atoms with van der Waals surface area (Å²) >= 11 is 0. The molecule has 2 rings (SSSR count). The van der Waals surface area contributed by atoms with Crippen LogP contribution in [0.4, 0.5) is 18.9 Å². The number of nitrogens with zero attached hydrogens (tertiary/aromatic N) is 1. The summed E-state index contributed by atoms with van der Waals surface area (Å²) in [6, 6.07) is 11.0. The fourth-order valence-corrected chi connectivity index (χ4v) is 2.67. The largest absolute Gasteiger partial charge is 0.478 e. The number of carboxylic acids is 1. The fraction of sp³-hybridized carbons (Fsp3) is 0.300. The van der Waals surface area contributed by atoms with Gasteiger partial charge in [0.1, 0.15) is 0 Å². The molecular weight excluding hydrogens is 373 g/mol. The van der Waals surface area contributed by atoms with Crippen LogP contribution in [-0.4, -0.2) is 34.5 Å². The van der Waals surface area contributed by atoms with E-state index in [-0.39, 0.29) is 30.4 Å². The molecule has 0 aliphatic heterocycles. The van der Waals surface area contributed by atoms with E-state index >= 15 is 0 Å². The average molecular weight is 394 g/mol. The molecule has 0 aliphatic carbocycles. The van der Waals surface area contributed by atoms with Gasteiger partial charge in [-0.25, -0.2) is 4.79 Å². The number of hydrogen-bond acceptors (Lipinski definition) is 3. The number of nitrogens with one attached hydrogen (secondary N) is 1. The van der Waals surface area contributed by atoms with Crippen molar-refractivity contribution in [3.63, 3.8) is 0 Å². The minimum absolute atomic E-state index is 0.0860. The SMILES string of the molecule is CC(C)N(CC(=O)Nc1ccccc1C(F)(F)F)Cc1cccc(C(=O)O)c1. The molecule has 0 aromatic heterocycles. The van der Waals surface area contributed by atoms with Gasteiger partial charge in [-0.05, 0) is 43.7 Å². The maximum absolute atomic E-state index is 13.1. The summed E-state index contributed by atoms with van der Waals surface area (Å²) in [4.78, 5) is 25.2. The minimum atomic E-state index is -4.57. The highest BCUT2D eigenvalue weighted by atomic mass is 19.4. The zero-order valence-corrected chi connectivity index (χ0v) is 15.5. The first-order valence-corrected chi connectivity index (χ1v) is 8.60. The van der Waals surface area contributed by atoms with Gasteiger partial charge in [0.2, 0.25) is 5.91 Å². The van der Waals surface area contributed by atoms with Crippen LogP contribution >= 0.6 is 0 Å². The summed E-state index contributed by atoms with van der Waals surface area (Å²) in [5.74, 6) is -1.64. The fourth-order valence-electron chi connectivity index (χ4n) is 2.67. The summed E-state index contributed by atoms with van der Waals surface area (Å²) in [5, 5.41) is 11.4. The van der Waals surface area contributed by atoms with Crippen molar-refractivity contribution in [3.05, 3.63) is 65.2 Å². The third-order valence-electron chi connectivity index (χ3n) is 4.14. The van der Waals surface area contributed by atoms with Gasteiger partial charge in [-0.1, -0.05) is 24.3 Å². The number of aromatic carboxylic acids is 1. The van der Waals surface area contributed by atoms with Gasteiger partial charge in [0, 0.05) is 12.6 Å². The molecule has 0 saturated carbocycles. The van der Waals surface area contributed by atoms with Gasteiger partial charge < -0.3 is 10.4 Å². The number of halogens is 3. The Balaban J connectivity index is 2.12. The molecule has 5 nitrogen and oxygen atoms in total. The summed E-state index contributed by atoms with van der Waals surface area (Å²) in [5.41, 5.74) is -0.382. The number of amides is 1. The van der Waals surface area contributed by atoms with Crippen molar-refractivity contribution in [2.45, 2.75) is 32.6 Å². The zero-order chi connectivity index (χ0) is 20.9. The number of carbonyl (C=O) groups excluding carboxylic acids is 1. The zero-order valence-electron chi connectivity index (χ0n) is 15.5. The molecule has 2 N–H and O–H groups in total. The summed E-state index contributed by atoms with van der Waals surface area (Å²) < 4.78 is 39.2. The lowest BCUT2D eigenvalue weighted by atomic mass is 10.1. The van der Waals surface area contributed by atoms with Crippen molar-refractivity contribution in [2.75, 3.05) is 11.9 Å². The molecule has 1 amide bonds. The molecule has 0 unspecified atom stereocenters. The highest BCUT2D eigenvalue weighted by Gasteiger charge is 2.33. The minimum Gasteiger partial charge on any atom is -0.478 e. The second kappa shape index (κ2) is 8.88. The van der Waals surface area contributed by atoms with E-state index in [1.165, 1.54) is 30.3 Å². The van der Waals surface area contributed by atoms with E-state index in [0.29, 0.717) is 5.56 Å². The predicted octanol–water partition coefficient (Wildman–Crippen LogP) is 4.25. The van der Waals surface area contributed by atoms with E-state index in [2.05, 4.69) is 5.32 Å². The Labute approximate surface area is 160 Å². The van der Waals surface area contributed by atoms with E-state index in [0.717, 1.165) is 6.07 Å². The lowest BCUT2D eigenvalue weighted by Gasteiger charge is -2.26. The molecule has 0 fully saturated rings. The van der Waals surface area contributed by atoms with Crippen LogP contribution in [0.25, 0.3) is 0 Å². The molecular formula is C20H21F3N2O3. The van der Waals surface area contributed by atoms with Gasteiger partial charge in [0.05, 0.1) is 23.4 Å². The lowest BCUT2D eigenvalue weighted by Crippen LogP contribution is -2.37. The van der Waals surface area contributed by atoms with Crippen molar-refractivity contribution in [2.24, 2.45) is 0 Å². The quantitative estimate of drug-likeness (QED) is 0.737. The number of benzene rings is 2. The standard InChI is InChI=1S/C20H21F3N2O3/c1-13(2)25(11-14-6-5-7-15(10-14)19(27)28)12-18(26)24-17-9-4-3-8-16(17)20(21,22)23/h3-10,13H,11-12H2,1-2H3,(H,24,26)(H,27,28). The van der Waals surface area contributed by atoms with Crippen LogP contribution in [0.1, 0.15) is 35.3 Å². The number of carboxylic acid groups (broad SMARTS) is 1. The molecule has 0 aliphatic rings. The van der Waals surface area contributed by atoms with Gasteiger partial charge in [-0.3, -0.25) is 9.69 Å². The molecule has 0 spiro atoms. The predicted molar refractivity (Wildman–Crippen MR) is 99.0 cm³/mol. The van der Waals surface area contributed by atoms with E-state index in [1.54, 1.807) is 17.0 Å². The highest BCUT2D eigenvalue weighted by Crippen LogP contribution is 2.34. The summed E-state index contributed by atoms with van der Waals surface area (Å²) in [6.07, 6.45) is -4.57. The number of anilines is 1. The molecule has 0 radical (unpaired) electrons. The molecule has 0 saturated heterocycles. The molecule has 2 aromatic carbocycles. The topological polar surface area (TPSA) is 69.6 Å². The molecule has 0 heterocycles. The lowest BCUT2D eigenvalue weighted by molar-refractivity contribution is -0.137. The van der Waals surface area contributed by atoms with Crippen LogP contribution in [-0.2, 0) is 17.5 Å². The molecule has 0 bridgehead atoms. The van der Waals surface area contributed by atoms with Crippen LogP contribution in [0, 0.1) is 0 Å². The van der Waals surface area contributed by atoms with Crippen LogP contribution in [0.5, 0.6) is 0 Å². The Hall–Kier alpha value is -2.87. The first kappa shape index (κ1) is 21.4. The number of alkyl halides is 3. The number of para-hydroxylation sites is 1. The summed E-state index contributed by atoms with van der Waals surface area (Å²) in [6.45, 7) is 3.84. The van der Waals surface area contributed by atoms with Crippen LogP contribution < -0.4 is 5.32 Å². The van der Waals surface area contributed by atoms with E-state index in [9.17, 15) is 22.8 Å². The van der Waals surface area contributed by atoms with Crippen LogP contribution in [0.3, 0.4) is 0 Å². The Bertz CT molecular complexity index is 851. The number of carbonyl (C=O) groups is 2. The normalized spacial score (nSPS) is 11.7. The molecule has 2 aromatic rings. The smallest absolute Gasteiger partial charge is 0.418 e. The van der Waals surface area contributed by atoms with E-state index in [1.807, 2.05) is 13.8 Å². The van der Waals surface area contributed by atoms with Crippen molar-refractivity contribution in [3.8, 4) is 0 Å². The summed E-state index contributed by atoms with van der Waals surface area (Å²) in [7, 11) is 0. The van der Waals surface area contributed by atoms with Crippen molar-refractivity contribution < 1.29 is 27.9 Å². The van der Waals surface area contributed by atoms with Crippen LogP contribution in [0.2, 0.25) is 0 Å². The van der Waals surface area contributed by atoms with Gasteiger partial charge in [0.15, 0.2) is 0 Å². The maximum Gasteiger partial charge on any atom is 0.418 e. The van der Waals surface area contributed by atoms with Gasteiger partial charge in [-0.15, -0.1) is 0 Å². The molecule has 8 heteroatoms. The van der Waals surface area contributed by atoms with Crippen LogP contribution in [0.15, 0.2) is 48.5 Å². The highest BCUT2D eigenvalue weighted by molar-refractivity contribution is 5.93. The second-order valence-corrected chi connectivity index (χ2v) is 6.60. The number of hydrogen-bond donors (Lipinski definition) is 2. The Morgan fingerprint density at radius 2 is 1.79 bits per heavy atom. The van der Waals surface area contributed by atoms with Gasteiger partial charge in [-0.2, -0.15) is 13.2 Å². The third-order valence-corrected chi connectivity index (χ3v) is 4.14. The van der Waals surface area contributed by atoms with Crippen molar-refractivity contribution in [1.82, 2.24) is 4.90 Å². The average Bonchev–Trinajstić information content (AvgIpc) is 2.60. The monoisotopic (exact) mass is 394 g/mol. The maximum atomic E-state index is 13.1. The molecule has 0 atom stereocenters. The van der Waals surface area contributed by atoms with Crippen molar-refractivity contribution >= 4 is 17.6 Å². The Morgan fingerprint density at radius 1 is 1.11 bits per heavy atom. The van der Waals surface area contributed by atoms with E-state index in [4.69, 9.17) is 5.11 Å². The second-order valence-electron chi connectivity index (χ2n) is 6.60. The molecule has 150 valence electrons. The first-order valence-electron chi connectivity index (χ1n) is 8.60. The van der Waals surface area contributed by atoms with Gasteiger partial charge >= 0.3 is 12.1 Å². The molecule has 28 heavy (non-hydrogen) atoms. The van der Waals surface area contributed by atoms with E-state index < -0.39 is 23.6 Å². The first-order chi connectivity index (χ1) is 13.1. The van der Waals surface area contributed by atoms with Crippen molar-refractivity contribution in [1.29, 1.82) is 0 Å². The Morgan fingerprint density at radius 3 is 2.39 bits per heavy atom. The Kier molecular flexibility index (Phi) is 6.80. The van der Waals surface area contributed by atoms with Gasteiger partial charge in [0.25, 0.3) is 0 Å². The number of rotatable bonds is 7.